The highest BCUT2D eigenvalue weighted by atomic mass is 32.2. The van der Waals surface area contributed by atoms with E-state index in [4.69, 9.17) is 10.6 Å². The van der Waals surface area contributed by atoms with E-state index in [-0.39, 0.29) is 4.90 Å². The van der Waals surface area contributed by atoms with Crippen molar-refractivity contribution < 1.29 is 13.2 Å². The van der Waals surface area contributed by atoms with Crippen LogP contribution in [0.5, 0.6) is 5.75 Å². The Morgan fingerprint density at radius 2 is 1.94 bits per heavy atom. The average Bonchev–Trinajstić information content (AvgIpc) is 2.23. The standard InChI is InChI=1S/C10H16N2O3S/c1-4-15-9-5-8(3)10(6-7(9)2)16(13,14)12-11/h5-6,12H,4,11H2,1-3H3. The van der Waals surface area contributed by atoms with E-state index in [1.807, 2.05) is 11.8 Å². The predicted molar refractivity (Wildman–Crippen MR) is 61.6 cm³/mol. The van der Waals surface area contributed by atoms with E-state index in [0.29, 0.717) is 17.9 Å². The molecule has 0 bridgehead atoms. The molecule has 0 saturated heterocycles. The van der Waals surface area contributed by atoms with Crippen molar-refractivity contribution in [1.29, 1.82) is 0 Å². The molecule has 90 valence electrons. The fourth-order valence-corrected chi connectivity index (χ4v) is 2.37. The van der Waals surface area contributed by atoms with E-state index in [9.17, 15) is 8.42 Å². The number of benzene rings is 1. The molecule has 0 aliphatic rings. The zero-order valence-corrected chi connectivity index (χ0v) is 10.4. The largest absolute Gasteiger partial charge is 0.494 e. The molecule has 0 atom stereocenters. The van der Waals surface area contributed by atoms with Gasteiger partial charge in [-0.2, -0.15) is 4.83 Å². The Kier molecular flexibility index (Phi) is 3.90. The van der Waals surface area contributed by atoms with E-state index >= 15 is 0 Å². The van der Waals surface area contributed by atoms with Gasteiger partial charge in [0.1, 0.15) is 5.75 Å². The Hall–Kier alpha value is -1.11. The molecular weight excluding hydrogens is 228 g/mol. The summed E-state index contributed by atoms with van der Waals surface area (Å²) in [6.07, 6.45) is 0. The minimum absolute atomic E-state index is 0.177. The summed E-state index contributed by atoms with van der Waals surface area (Å²) in [7, 11) is -3.61. The minimum atomic E-state index is -3.61. The summed E-state index contributed by atoms with van der Waals surface area (Å²) >= 11 is 0. The normalized spacial score (nSPS) is 11.5. The number of nitrogens with two attached hydrogens (primary N) is 1. The van der Waals surface area contributed by atoms with Crippen molar-refractivity contribution in [2.24, 2.45) is 5.84 Å². The summed E-state index contributed by atoms with van der Waals surface area (Å²) < 4.78 is 28.5. The maximum atomic E-state index is 11.6. The number of aryl methyl sites for hydroxylation is 2. The molecular formula is C10H16N2O3S. The first-order valence-electron chi connectivity index (χ1n) is 4.88. The van der Waals surface area contributed by atoms with Gasteiger partial charge >= 0.3 is 0 Å². The average molecular weight is 244 g/mol. The number of hydrazine groups is 1. The maximum absolute atomic E-state index is 11.6. The lowest BCUT2D eigenvalue weighted by atomic mass is 10.1. The summed E-state index contributed by atoms with van der Waals surface area (Å²) in [5, 5.41) is 0. The third-order valence-electron chi connectivity index (χ3n) is 2.22. The molecule has 0 spiro atoms. The molecule has 0 amide bonds. The van der Waals surface area contributed by atoms with Gasteiger partial charge < -0.3 is 4.74 Å². The molecule has 1 rings (SSSR count). The Bertz CT molecular complexity index is 483. The van der Waals surface area contributed by atoms with Crippen LogP contribution in [0.1, 0.15) is 18.1 Å². The number of hydrogen-bond acceptors (Lipinski definition) is 4. The Balaban J connectivity index is 3.31. The zero-order valence-electron chi connectivity index (χ0n) is 9.57. The van der Waals surface area contributed by atoms with Crippen LogP contribution in [-0.4, -0.2) is 15.0 Å². The van der Waals surface area contributed by atoms with Crippen LogP contribution in [0, 0.1) is 13.8 Å². The van der Waals surface area contributed by atoms with E-state index in [0.717, 1.165) is 5.56 Å². The fourth-order valence-electron chi connectivity index (χ4n) is 1.43. The van der Waals surface area contributed by atoms with Gasteiger partial charge in [0.15, 0.2) is 0 Å². The topological polar surface area (TPSA) is 81.4 Å². The highest BCUT2D eigenvalue weighted by Crippen LogP contribution is 2.25. The molecule has 0 saturated carbocycles. The van der Waals surface area contributed by atoms with Crippen LogP contribution >= 0.6 is 0 Å². The van der Waals surface area contributed by atoms with Gasteiger partial charge in [-0.15, -0.1) is 0 Å². The number of rotatable bonds is 4. The molecule has 0 aliphatic carbocycles. The lowest BCUT2D eigenvalue weighted by Crippen LogP contribution is -2.30. The molecule has 5 nitrogen and oxygen atoms in total. The summed E-state index contributed by atoms with van der Waals surface area (Å²) in [5.74, 6) is 5.68. The van der Waals surface area contributed by atoms with E-state index < -0.39 is 10.0 Å². The Morgan fingerprint density at radius 3 is 2.44 bits per heavy atom. The van der Waals surface area contributed by atoms with Gasteiger partial charge in [-0.25, -0.2) is 8.42 Å². The van der Waals surface area contributed by atoms with Crippen molar-refractivity contribution in [3.8, 4) is 5.75 Å². The molecule has 0 aromatic heterocycles. The smallest absolute Gasteiger partial charge is 0.253 e. The molecule has 6 heteroatoms. The Morgan fingerprint density at radius 1 is 1.31 bits per heavy atom. The van der Waals surface area contributed by atoms with Gasteiger partial charge in [-0.1, -0.05) is 0 Å². The molecule has 1 aromatic carbocycles. The zero-order chi connectivity index (χ0) is 12.3. The number of nitrogens with one attached hydrogen (secondary N) is 1. The minimum Gasteiger partial charge on any atom is -0.494 e. The van der Waals surface area contributed by atoms with Crippen molar-refractivity contribution in [3.05, 3.63) is 23.3 Å². The lowest BCUT2D eigenvalue weighted by molar-refractivity contribution is 0.337. The predicted octanol–water partition coefficient (Wildman–Crippen LogP) is 0.854. The highest BCUT2D eigenvalue weighted by Gasteiger charge is 2.16. The van der Waals surface area contributed by atoms with Gasteiger partial charge in [-0.3, -0.25) is 5.84 Å². The van der Waals surface area contributed by atoms with Crippen molar-refractivity contribution in [1.82, 2.24) is 4.83 Å². The summed E-state index contributed by atoms with van der Waals surface area (Å²) in [6.45, 7) is 5.91. The van der Waals surface area contributed by atoms with Crippen LogP contribution in [-0.2, 0) is 10.0 Å². The second-order valence-corrected chi connectivity index (χ2v) is 5.12. The number of hydrogen-bond donors (Lipinski definition) is 2. The van der Waals surface area contributed by atoms with Crippen LogP contribution in [0.15, 0.2) is 17.0 Å². The molecule has 0 aliphatic heterocycles. The van der Waals surface area contributed by atoms with Gasteiger partial charge in [0.25, 0.3) is 10.0 Å². The molecule has 0 fully saturated rings. The molecule has 1 aromatic rings. The van der Waals surface area contributed by atoms with E-state index in [2.05, 4.69) is 0 Å². The molecule has 0 heterocycles. The van der Waals surface area contributed by atoms with Gasteiger partial charge in [-0.05, 0) is 44.0 Å². The third kappa shape index (κ3) is 2.52. The Labute approximate surface area is 95.6 Å². The SMILES string of the molecule is CCOc1cc(C)c(S(=O)(=O)NN)cc1C. The van der Waals surface area contributed by atoms with Gasteiger partial charge in [0.05, 0.1) is 11.5 Å². The van der Waals surface area contributed by atoms with Crippen molar-refractivity contribution in [2.75, 3.05) is 6.61 Å². The molecule has 0 unspecified atom stereocenters. The lowest BCUT2D eigenvalue weighted by Gasteiger charge is -2.12. The van der Waals surface area contributed by atoms with E-state index in [1.165, 1.54) is 0 Å². The summed E-state index contributed by atoms with van der Waals surface area (Å²) in [4.78, 5) is 1.99. The molecule has 16 heavy (non-hydrogen) atoms. The number of sulfonamides is 1. The first-order valence-corrected chi connectivity index (χ1v) is 6.37. The summed E-state index contributed by atoms with van der Waals surface area (Å²) in [5.41, 5.74) is 1.37. The summed E-state index contributed by atoms with van der Waals surface area (Å²) in [6, 6.07) is 3.25. The van der Waals surface area contributed by atoms with E-state index in [1.54, 1.807) is 26.0 Å². The maximum Gasteiger partial charge on any atom is 0.253 e. The first-order chi connectivity index (χ1) is 7.42. The quantitative estimate of drug-likeness (QED) is 0.608. The van der Waals surface area contributed by atoms with Crippen LogP contribution in [0.2, 0.25) is 0 Å². The highest BCUT2D eigenvalue weighted by molar-refractivity contribution is 7.89. The fraction of sp³-hybridized carbons (Fsp3) is 0.400. The van der Waals surface area contributed by atoms with Crippen LogP contribution < -0.4 is 15.4 Å². The second-order valence-electron chi connectivity index (χ2n) is 3.44. The second kappa shape index (κ2) is 4.82. The van der Waals surface area contributed by atoms with Crippen LogP contribution in [0.4, 0.5) is 0 Å². The van der Waals surface area contributed by atoms with Gasteiger partial charge in [0.2, 0.25) is 0 Å². The third-order valence-corrected chi connectivity index (χ3v) is 3.55. The van der Waals surface area contributed by atoms with Gasteiger partial charge in [0, 0.05) is 0 Å². The van der Waals surface area contributed by atoms with Crippen molar-refractivity contribution in [2.45, 2.75) is 25.7 Å². The van der Waals surface area contributed by atoms with Crippen molar-refractivity contribution in [3.63, 3.8) is 0 Å². The van der Waals surface area contributed by atoms with Crippen LogP contribution in [0.25, 0.3) is 0 Å². The number of ether oxygens (including phenoxy) is 1. The molecule has 0 radical (unpaired) electrons. The molecule has 3 N–H and O–H groups in total. The van der Waals surface area contributed by atoms with Crippen molar-refractivity contribution >= 4 is 10.0 Å². The first kappa shape index (κ1) is 13.0. The monoisotopic (exact) mass is 244 g/mol. The van der Waals surface area contributed by atoms with Crippen LogP contribution in [0.3, 0.4) is 0 Å².